The summed E-state index contributed by atoms with van der Waals surface area (Å²) in [5.74, 6) is -3.19. The van der Waals surface area contributed by atoms with Crippen LogP contribution in [0.3, 0.4) is 0 Å². The van der Waals surface area contributed by atoms with Gasteiger partial charge in [0.2, 0.25) is 17.7 Å². The molecule has 198 valence electrons. The largest absolute Gasteiger partial charge is 0.480 e. The molecule has 2 aromatic rings. The van der Waals surface area contributed by atoms with Gasteiger partial charge in [0.15, 0.2) is 0 Å². The van der Waals surface area contributed by atoms with Gasteiger partial charge in [0.05, 0.1) is 6.04 Å². The van der Waals surface area contributed by atoms with E-state index >= 15 is 0 Å². The average molecular weight is 503 g/mol. The van der Waals surface area contributed by atoms with Crippen molar-refractivity contribution >= 4 is 34.6 Å². The van der Waals surface area contributed by atoms with E-state index in [1.807, 2.05) is 24.3 Å². The highest BCUT2D eigenvalue weighted by Crippen LogP contribution is 2.19. The third-order valence-corrected chi connectivity index (χ3v) is 6.01. The Hall–Kier alpha value is -3.44. The van der Waals surface area contributed by atoms with Crippen molar-refractivity contribution in [3.8, 4) is 0 Å². The second-order valence-electron chi connectivity index (χ2n) is 9.31. The summed E-state index contributed by atoms with van der Waals surface area (Å²) in [4.78, 5) is 53.2. The van der Waals surface area contributed by atoms with E-state index in [0.717, 1.165) is 22.9 Å². The van der Waals surface area contributed by atoms with E-state index in [2.05, 4.69) is 20.9 Å². The molecule has 0 fully saturated rings. The maximum absolute atomic E-state index is 13.4. The highest BCUT2D eigenvalue weighted by atomic mass is 16.4. The number of aliphatic carboxylic acids is 1. The molecule has 0 bridgehead atoms. The number of H-pyrrole nitrogens is 1. The molecule has 0 aliphatic carbocycles. The molecular weight excluding hydrogens is 464 g/mol. The fourth-order valence-electron chi connectivity index (χ4n) is 3.80. The standard InChI is InChI=1S/C25H38N6O5/c1-14(2)21(24(34)29-15(3)25(35)36)31-23(33)20(30-22(32)18(27)9-6-7-11-26)12-16-13-28-19-10-5-4-8-17(16)19/h4-5,8,10,13-15,18,20-21,28H,6-7,9,11-12,26-27H2,1-3H3,(H,29,34)(H,30,32)(H,31,33)(H,35,36). The molecule has 11 heteroatoms. The molecule has 1 aromatic carbocycles. The number of benzene rings is 1. The van der Waals surface area contributed by atoms with E-state index in [0.29, 0.717) is 19.4 Å². The van der Waals surface area contributed by atoms with E-state index in [1.165, 1.54) is 6.92 Å². The number of carbonyl (C=O) groups excluding carboxylic acids is 3. The minimum atomic E-state index is -1.19. The minimum absolute atomic E-state index is 0.162. The molecule has 2 rings (SSSR count). The zero-order valence-corrected chi connectivity index (χ0v) is 21.0. The number of aromatic nitrogens is 1. The number of para-hydroxylation sites is 1. The number of hydrogen-bond donors (Lipinski definition) is 7. The van der Waals surface area contributed by atoms with E-state index in [1.54, 1.807) is 20.0 Å². The summed E-state index contributed by atoms with van der Waals surface area (Å²) in [7, 11) is 0. The predicted molar refractivity (Wildman–Crippen MR) is 137 cm³/mol. The zero-order valence-electron chi connectivity index (χ0n) is 21.0. The lowest BCUT2D eigenvalue weighted by Gasteiger charge is -2.26. The third-order valence-electron chi connectivity index (χ3n) is 6.01. The summed E-state index contributed by atoms with van der Waals surface area (Å²) < 4.78 is 0. The second-order valence-corrected chi connectivity index (χ2v) is 9.31. The number of carboxylic acids is 1. The van der Waals surface area contributed by atoms with E-state index < -0.39 is 47.9 Å². The van der Waals surface area contributed by atoms with Crippen LogP contribution in [0, 0.1) is 5.92 Å². The summed E-state index contributed by atoms with van der Waals surface area (Å²) in [6.45, 7) is 5.30. The first-order valence-electron chi connectivity index (χ1n) is 12.2. The molecule has 11 nitrogen and oxygen atoms in total. The van der Waals surface area contributed by atoms with Crippen LogP contribution in [0.5, 0.6) is 0 Å². The minimum Gasteiger partial charge on any atom is -0.480 e. The van der Waals surface area contributed by atoms with Crippen LogP contribution in [0.25, 0.3) is 10.9 Å². The number of nitrogens with one attached hydrogen (secondary N) is 4. The molecule has 0 radical (unpaired) electrons. The molecule has 0 aliphatic rings. The van der Waals surface area contributed by atoms with Crippen molar-refractivity contribution < 1.29 is 24.3 Å². The van der Waals surface area contributed by atoms with Gasteiger partial charge < -0.3 is 37.5 Å². The summed E-state index contributed by atoms with van der Waals surface area (Å²) in [6.07, 6.45) is 3.78. The fourth-order valence-corrected chi connectivity index (χ4v) is 3.80. The highest BCUT2D eigenvalue weighted by Gasteiger charge is 2.31. The van der Waals surface area contributed by atoms with Crippen molar-refractivity contribution in [1.82, 2.24) is 20.9 Å². The quantitative estimate of drug-likeness (QED) is 0.181. The molecule has 4 unspecified atom stereocenters. The summed E-state index contributed by atoms with van der Waals surface area (Å²) in [5.41, 5.74) is 13.3. The van der Waals surface area contributed by atoms with Crippen LogP contribution in [0.1, 0.15) is 45.6 Å². The molecule has 3 amide bonds. The predicted octanol–water partition coefficient (Wildman–Crippen LogP) is 0.382. The van der Waals surface area contributed by atoms with Crippen LogP contribution >= 0.6 is 0 Å². The summed E-state index contributed by atoms with van der Waals surface area (Å²) in [6, 6.07) is 3.64. The molecule has 9 N–H and O–H groups in total. The first kappa shape index (κ1) is 28.8. The Bertz CT molecular complexity index is 1050. The fraction of sp³-hybridized carbons (Fsp3) is 0.520. The molecule has 0 saturated heterocycles. The SMILES string of the molecule is CC(NC(=O)C(NC(=O)C(Cc1c[nH]c2ccccc12)NC(=O)C(N)CCCCN)C(C)C)C(=O)O. The molecule has 0 spiro atoms. The number of unbranched alkanes of at least 4 members (excludes halogenated alkanes) is 1. The summed E-state index contributed by atoms with van der Waals surface area (Å²) in [5, 5.41) is 17.8. The second kappa shape index (κ2) is 13.6. The van der Waals surface area contributed by atoms with Crippen LogP contribution in [0.4, 0.5) is 0 Å². The lowest BCUT2D eigenvalue weighted by molar-refractivity contribution is -0.142. The normalized spacial score (nSPS) is 14.6. The van der Waals surface area contributed by atoms with Crippen LogP contribution in [-0.4, -0.2) is 64.5 Å². The Morgan fingerprint density at radius 2 is 1.67 bits per heavy atom. The van der Waals surface area contributed by atoms with Gasteiger partial charge in [0.1, 0.15) is 18.1 Å². The lowest BCUT2D eigenvalue weighted by Crippen LogP contribution is -2.58. The van der Waals surface area contributed by atoms with Gasteiger partial charge in [-0.1, -0.05) is 38.5 Å². The first-order valence-corrected chi connectivity index (χ1v) is 12.2. The van der Waals surface area contributed by atoms with Gasteiger partial charge in [0, 0.05) is 23.5 Å². The Morgan fingerprint density at radius 1 is 0.972 bits per heavy atom. The van der Waals surface area contributed by atoms with Gasteiger partial charge in [-0.25, -0.2) is 0 Å². The smallest absolute Gasteiger partial charge is 0.325 e. The Balaban J connectivity index is 2.24. The van der Waals surface area contributed by atoms with Crippen molar-refractivity contribution in [1.29, 1.82) is 0 Å². The van der Waals surface area contributed by atoms with Crippen molar-refractivity contribution in [3.63, 3.8) is 0 Å². The van der Waals surface area contributed by atoms with Crippen molar-refractivity contribution in [2.24, 2.45) is 17.4 Å². The lowest BCUT2D eigenvalue weighted by atomic mass is 10.00. The number of hydrogen-bond acceptors (Lipinski definition) is 6. The van der Waals surface area contributed by atoms with Crippen LogP contribution in [-0.2, 0) is 25.6 Å². The Morgan fingerprint density at radius 3 is 2.31 bits per heavy atom. The van der Waals surface area contributed by atoms with E-state index in [-0.39, 0.29) is 12.3 Å². The van der Waals surface area contributed by atoms with Gasteiger partial charge in [-0.05, 0) is 43.9 Å². The monoisotopic (exact) mass is 502 g/mol. The van der Waals surface area contributed by atoms with Crippen LogP contribution in [0.2, 0.25) is 0 Å². The van der Waals surface area contributed by atoms with Gasteiger partial charge >= 0.3 is 5.97 Å². The van der Waals surface area contributed by atoms with Gasteiger partial charge in [-0.15, -0.1) is 0 Å². The number of nitrogens with two attached hydrogens (primary N) is 2. The van der Waals surface area contributed by atoms with E-state index in [9.17, 15) is 19.2 Å². The Kier molecular flexibility index (Phi) is 10.9. The molecule has 1 aromatic heterocycles. The third kappa shape index (κ3) is 8.06. The molecular formula is C25H38N6O5. The molecule has 0 saturated carbocycles. The Labute approximate surface area is 210 Å². The number of rotatable bonds is 14. The zero-order chi connectivity index (χ0) is 26.8. The highest BCUT2D eigenvalue weighted by molar-refractivity contribution is 5.95. The van der Waals surface area contributed by atoms with Crippen LogP contribution < -0.4 is 27.4 Å². The number of carbonyl (C=O) groups is 4. The number of carboxylic acid groups (broad SMARTS) is 1. The number of fused-ring (bicyclic) bond motifs is 1. The molecule has 4 atom stereocenters. The van der Waals surface area contributed by atoms with Crippen molar-refractivity contribution in [2.45, 2.75) is 70.6 Å². The van der Waals surface area contributed by atoms with Gasteiger partial charge in [-0.2, -0.15) is 0 Å². The average Bonchev–Trinajstić information content (AvgIpc) is 3.24. The van der Waals surface area contributed by atoms with Crippen molar-refractivity contribution in [3.05, 3.63) is 36.0 Å². The van der Waals surface area contributed by atoms with Crippen LogP contribution in [0.15, 0.2) is 30.5 Å². The molecule has 0 aliphatic heterocycles. The van der Waals surface area contributed by atoms with Gasteiger partial charge in [0.25, 0.3) is 0 Å². The molecule has 1 heterocycles. The summed E-state index contributed by atoms with van der Waals surface area (Å²) >= 11 is 0. The van der Waals surface area contributed by atoms with Gasteiger partial charge in [-0.3, -0.25) is 19.2 Å². The topological polar surface area (TPSA) is 192 Å². The number of amides is 3. The van der Waals surface area contributed by atoms with Crippen molar-refractivity contribution in [2.75, 3.05) is 6.54 Å². The first-order chi connectivity index (χ1) is 17.0. The number of aromatic amines is 1. The maximum Gasteiger partial charge on any atom is 0.325 e. The molecule has 36 heavy (non-hydrogen) atoms. The van der Waals surface area contributed by atoms with E-state index in [4.69, 9.17) is 16.6 Å². The maximum atomic E-state index is 13.4.